The number of quaternary nitrogens is 2. The highest BCUT2D eigenvalue weighted by atomic mass is 16.5. The third kappa shape index (κ3) is 48.3. The molecule has 0 aliphatic carbocycles. The van der Waals surface area contributed by atoms with Gasteiger partial charge < -0.3 is 89.5 Å². The maximum absolute atomic E-state index is 11.4. The van der Waals surface area contributed by atoms with Crippen LogP contribution in [0.5, 0.6) is 0 Å². The number of aliphatic carboxylic acids is 9. The molecule has 0 bridgehead atoms. The van der Waals surface area contributed by atoms with Crippen LogP contribution in [0.4, 0.5) is 0 Å². The molecular weight excluding hydrogens is 846 g/mol. The molecule has 2 unspecified atom stereocenters. The van der Waals surface area contributed by atoms with E-state index in [0.29, 0.717) is 22.1 Å². The van der Waals surface area contributed by atoms with Gasteiger partial charge in [-0.3, -0.25) is 38.4 Å². The van der Waals surface area contributed by atoms with Crippen LogP contribution in [0.25, 0.3) is 0 Å². The lowest BCUT2D eigenvalue weighted by Gasteiger charge is -2.29. The van der Waals surface area contributed by atoms with E-state index in [0.717, 1.165) is 33.2 Å². The highest BCUT2D eigenvalue weighted by Crippen LogP contribution is 2.17. The Morgan fingerprint density at radius 1 is 0.597 bits per heavy atom. The third-order valence-electron chi connectivity index (χ3n) is 6.49. The monoisotopic (exact) mass is 907 g/mol. The standard InChI is InChI=1S/2C11H19NO7.C5H9NO2.C4H6O4.2C2H4O2/c2*1-12(2,3)4-5-19-9(15)7-11(18,10(16)17)6-8(13)14;7-5(8)4-2-1-3-6-4;5-3(6)1-2-4(7)8;2*1-2(3)4/h2*18H,4-7H2,1-3H3,(H-,13,14,16,17);4,6H,1-3H2,(H,7,8);1-2H2,(H,5,6)(H,7,8);2*1H3,(H,3,4)/t;;4-;;;/m..0.../s1. The molecule has 0 saturated carbocycles. The SMILES string of the molecule is CC(=O)O.CC(=O)O.C[N+](C)(C)CCOC(=O)CC(O)(CC(=O)O)C(=O)O.C[N+](C)(C)CCOC(=O)CC(O)(CC(=O)[O-])C(=O)[O-].O=C(O)CCC(=O)O.O=C(O)[C@@H]1CCCN1. The Morgan fingerprint density at radius 2 is 0.952 bits per heavy atom. The Labute approximate surface area is 355 Å². The number of nitrogens with zero attached hydrogens (tertiary/aromatic N) is 2. The fraction of sp³-hybridized carbons (Fsp3) is 0.686. The second-order valence-electron chi connectivity index (χ2n) is 14.9. The molecule has 0 aromatic heterocycles. The van der Waals surface area contributed by atoms with Gasteiger partial charge in [-0.05, 0) is 19.4 Å². The molecule has 10 N–H and O–H groups in total. The Balaban J connectivity index is -0.000000232. The van der Waals surface area contributed by atoms with Crippen LogP contribution >= 0.6 is 0 Å². The van der Waals surface area contributed by atoms with Crippen molar-refractivity contribution in [2.24, 2.45) is 0 Å². The van der Waals surface area contributed by atoms with E-state index in [-0.39, 0.29) is 32.1 Å². The first kappa shape index (κ1) is 65.1. The molecule has 1 rings (SSSR count). The molecule has 3 atom stereocenters. The summed E-state index contributed by atoms with van der Waals surface area (Å²) in [4.78, 5) is 112. The van der Waals surface area contributed by atoms with Crippen molar-refractivity contribution < 1.29 is 127 Å². The van der Waals surface area contributed by atoms with Crippen LogP contribution in [-0.2, 0) is 62.2 Å². The zero-order chi connectivity index (χ0) is 50.2. The number of nitrogens with one attached hydrogen (secondary N) is 1. The number of ether oxygens (including phenoxy) is 2. The fourth-order valence-electron chi connectivity index (χ4n) is 3.47. The predicted molar refractivity (Wildman–Crippen MR) is 201 cm³/mol. The van der Waals surface area contributed by atoms with Gasteiger partial charge in [-0.25, -0.2) is 4.79 Å². The van der Waals surface area contributed by atoms with Crippen LogP contribution in [0.15, 0.2) is 0 Å². The van der Waals surface area contributed by atoms with Gasteiger partial charge in [0.2, 0.25) is 0 Å². The number of rotatable bonds is 20. The average Bonchev–Trinajstić information content (AvgIpc) is 3.58. The average molecular weight is 908 g/mol. The molecule has 27 heteroatoms. The van der Waals surface area contributed by atoms with E-state index in [9.17, 15) is 63.6 Å². The van der Waals surface area contributed by atoms with Crippen LogP contribution < -0.4 is 15.5 Å². The molecule has 1 aliphatic rings. The van der Waals surface area contributed by atoms with E-state index in [1.165, 1.54) is 0 Å². The van der Waals surface area contributed by atoms with Crippen molar-refractivity contribution >= 4 is 65.7 Å². The minimum atomic E-state index is -2.81. The van der Waals surface area contributed by atoms with Crippen LogP contribution in [0.2, 0.25) is 0 Å². The smallest absolute Gasteiger partial charge is 0.336 e. The second-order valence-corrected chi connectivity index (χ2v) is 14.9. The summed E-state index contributed by atoms with van der Waals surface area (Å²) in [6, 6.07) is -0.269. The van der Waals surface area contributed by atoms with Crippen molar-refractivity contribution in [2.75, 3.05) is 75.1 Å². The molecule has 0 aromatic rings. The van der Waals surface area contributed by atoms with Crippen molar-refractivity contribution in [1.82, 2.24) is 5.32 Å². The first-order valence-electron chi connectivity index (χ1n) is 17.8. The molecule has 0 aromatic carbocycles. The summed E-state index contributed by atoms with van der Waals surface area (Å²) >= 11 is 0. The van der Waals surface area contributed by atoms with Gasteiger partial charge in [-0.1, -0.05) is 0 Å². The molecule has 27 nitrogen and oxygen atoms in total. The molecule has 0 radical (unpaired) electrons. The maximum Gasteiger partial charge on any atom is 0.336 e. The lowest BCUT2D eigenvalue weighted by Crippen LogP contribution is -2.53. The van der Waals surface area contributed by atoms with Crippen LogP contribution in [0.1, 0.15) is 65.2 Å². The van der Waals surface area contributed by atoms with Gasteiger partial charge in [0.1, 0.15) is 37.9 Å². The van der Waals surface area contributed by atoms with Gasteiger partial charge in [0.05, 0.1) is 80.4 Å². The number of carbonyl (C=O) groups excluding carboxylic acids is 4. The van der Waals surface area contributed by atoms with Crippen LogP contribution in [0.3, 0.4) is 0 Å². The van der Waals surface area contributed by atoms with E-state index in [4.69, 9.17) is 54.8 Å². The number of esters is 2. The summed E-state index contributed by atoms with van der Waals surface area (Å²) in [6.07, 6.45) is -3.00. The minimum Gasteiger partial charge on any atom is -0.550 e. The van der Waals surface area contributed by atoms with Crippen molar-refractivity contribution in [3.05, 3.63) is 0 Å². The van der Waals surface area contributed by atoms with Gasteiger partial charge in [0.15, 0.2) is 5.60 Å². The van der Waals surface area contributed by atoms with Gasteiger partial charge in [0.25, 0.3) is 11.9 Å². The van der Waals surface area contributed by atoms with E-state index >= 15 is 0 Å². The minimum absolute atomic E-state index is 0.0246. The van der Waals surface area contributed by atoms with E-state index < -0.39 is 103 Å². The summed E-state index contributed by atoms with van der Waals surface area (Å²) in [5.74, 6) is -13.6. The normalized spacial score (nSPS) is 14.5. The zero-order valence-electron chi connectivity index (χ0n) is 35.8. The molecule has 0 amide bonds. The molecule has 1 fully saturated rings. The summed E-state index contributed by atoms with van der Waals surface area (Å²) in [7, 11) is 11.2. The summed E-state index contributed by atoms with van der Waals surface area (Å²) in [5.41, 5.74) is -5.45. The largest absolute Gasteiger partial charge is 0.550 e. The number of carbonyl (C=O) groups is 11. The van der Waals surface area contributed by atoms with Crippen LogP contribution in [-0.4, -0.2) is 213 Å². The van der Waals surface area contributed by atoms with Gasteiger partial charge in [-0.2, -0.15) is 0 Å². The Hall–Kier alpha value is -6.03. The van der Waals surface area contributed by atoms with Gasteiger partial charge in [-0.15, -0.1) is 0 Å². The zero-order valence-corrected chi connectivity index (χ0v) is 35.8. The number of aliphatic hydroxyl groups is 2. The fourth-order valence-corrected chi connectivity index (χ4v) is 3.47. The lowest BCUT2D eigenvalue weighted by atomic mass is 9.96. The van der Waals surface area contributed by atoms with Crippen LogP contribution in [0, 0.1) is 0 Å². The molecule has 0 spiro atoms. The first-order valence-corrected chi connectivity index (χ1v) is 17.8. The summed E-state index contributed by atoms with van der Waals surface area (Å²) in [6.45, 7) is 4.10. The summed E-state index contributed by atoms with van der Waals surface area (Å²) in [5, 5.41) is 99.2. The number of likely N-dealkylation sites (N-methyl/N-ethyl adjacent to an activating group) is 2. The maximum atomic E-state index is 11.4. The van der Waals surface area contributed by atoms with Crippen molar-refractivity contribution in [1.29, 1.82) is 0 Å². The van der Waals surface area contributed by atoms with E-state index in [1.807, 2.05) is 42.3 Å². The highest BCUT2D eigenvalue weighted by Gasteiger charge is 2.41. The Kier molecular flexibility index (Phi) is 34.3. The Bertz CT molecular complexity index is 1380. The molecule has 1 heterocycles. The second kappa shape index (κ2) is 32.7. The van der Waals surface area contributed by atoms with Gasteiger partial charge >= 0.3 is 41.8 Å². The summed E-state index contributed by atoms with van der Waals surface area (Å²) < 4.78 is 10.6. The molecule has 62 heavy (non-hydrogen) atoms. The van der Waals surface area contributed by atoms with Crippen molar-refractivity contribution in [3.8, 4) is 0 Å². The van der Waals surface area contributed by atoms with E-state index in [2.05, 4.69) is 5.32 Å². The van der Waals surface area contributed by atoms with Crippen molar-refractivity contribution in [3.63, 3.8) is 0 Å². The van der Waals surface area contributed by atoms with Gasteiger partial charge in [0, 0.05) is 26.2 Å². The number of hydrogen-bond donors (Lipinski definition) is 10. The number of carboxylic acid groups (broad SMARTS) is 9. The molecule has 1 saturated heterocycles. The Morgan fingerprint density at radius 3 is 1.16 bits per heavy atom. The number of hydrogen-bond acceptors (Lipinski definition) is 18. The first-order chi connectivity index (χ1) is 27.8. The lowest BCUT2D eigenvalue weighted by molar-refractivity contribution is -0.870. The highest BCUT2D eigenvalue weighted by molar-refractivity contribution is 5.89. The quantitative estimate of drug-likeness (QED) is 0.0404. The number of carboxylic acids is 9. The predicted octanol–water partition coefficient (Wildman–Crippen LogP) is -4.90. The van der Waals surface area contributed by atoms with E-state index in [1.54, 1.807) is 0 Å². The van der Waals surface area contributed by atoms with Crippen molar-refractivity contribution in [2.45, 2.75) is 82.5 Å². The molecule has 360 valence electrons. The molecule has 1 aliphatic heterocycles. The topological polar surface area (TPSA) is 446 Å². The molecular formula is C35H61N3O24. The third-order valence-corrected chi connectivity index (χ3v) is 6.49.